The van der Waals surface area contributed by atoms with Crippen LogP contribution in [0.3, 0.4) is 0 Å². The van der Waals surface area contributed by atoms with Crippen LogP contribution in [0.4, 0.5) is 0 Å². The van der Waals surface area contributed by atoms with Gasteiger partial charge in [-0.05, 0) is 38.5 Å². The molecule has 2 saturated carbocycles. The number of nitrogens with one attached hydrogen (secondary N) is 1. The molecule has 0 heterocycles. The summed E-state index contributed by atoms with van der Waals surface area (Å²) in [6, 6.07) is 0.675. The van der Waals surface area contributed by atoms with E-state index in [0.29, 0.717) is 12.0 Å². The average Bonchev–Trinajstić information content (AvgIpc) is 3.00. The zero-order valence-corrected chi connectivity index (χ0v) is 9.26. The van der Waals surface area contributed by atoms with Gasteiger partial charge in [0, 0.05) is 12.6 Å². The highest BCUT2D eigenvalue weighted by Gasteiger charge is 2.39. The van der Waals surface area contributed by atoms with E-state index in [-0.39, 0.29) is 0 Å². The monoisotopic (exact) mass is 197 g/mol. The molecule has 0 radical (unpaired) electrons. The Morgan fingerprint density at radius 3 is 2.36 bits per heavy atom. The van der Waals surface area contributed by atoms with Crippen LogP contribution in [0.25, 0.3) is 0 Å². The van der Waals surface area contributed by atoms with E-state index < -0.39 is 5.60 Å². The molecule has 0 aromatic heterocycles. The highest BCUT2D eigenvalue weighted by molar-refractivity contribution is 4.93. The predicted octanol–water partition coefficient (Wildman–Crippen LogP) is 2.07. The van der Waals surface area contributed by atoms with E-state index in [9.17, 15) is 5.11 Å². The van der Waals surface area contributed by atoms with Gasteiger partial charge < -0.3 is 10.4 Å². The van der Waals surface area contributed by atoms with Crippen LogP contribution in [0.1, 0.15) is 51.9 Å². The summed E-state index contributed by atoms with van der Waals surface area (Å²) in [6.07, 6.45) is 9.18. The number of hydrogen-bond donors (Lipinski definition) is 2. The molecular weight excluding hydrogens is 174 g/mol. The number of rotatable bonds is 4. The Labute approximate surface area is 87.1 Å². The Kier molecular flexibility index (Phi) is 3.13. The Balaban J connectivity index is 1.69. The molecule has 0 aliphatic heterocycles. The second kappa shape index (κ2) is 4.19. The lowest BCUT2D eigenvalue weighted by molar-refractivity contribution is 0.0330. The summed E-state index contributed by atoms with van der Waals surface area (Å²) in [7, 11) is 0. The van der Waals surface area contributed by atoms with Gasteiger partial charge >= 0.3 is 0 Å². The number of hydrogen-bond acceptors (Lipinski definition) is 2. The Hall–Kier alpha value is -0.0800. The summed E-state index contributed by atoms with van der Waals surface area (Å²) < 4.78 is 0. The molecule has 2 aliphatic carbocycles. The lowest BCUT2D eigenvalue weighted by atomic mass is 9.94. The van der Waals surface area contributed by atoms with Crippen molar-refractivity contribution in [1.29, 1.82) is 0 Å². The van der Waals surface area contributed by atoms with E-state index in [1.807, 2.05) is 6.92 Å². The zero-order chi connectivity index (χ0) is 10.0. The van der Waals surface area contributed by atoms with Crippen molar-refractivity contribution in [1.82, 2.24) is 5.32 Å². The number of aliphatic hydroxyl groups is 1. The van der Waals surface area contributed by atoms with E-state index in [1.165, 1.54) is 44.9 Å². The molecule has 2 heteroatoms. The summed E-state index contributed by atoms with van der Waals surface area (Å²) in [5.74, 6) is 0.568. The molecule has 2 fully saturated rings. The summed E-state index contributed by atoms with van der Waals surface area (Å²) in [6.45, 7) is 2.78. The van der Waals surface area contributed by atoms with E-state index >= 15 is 0 Å². The topological polar surface area (TPSA) is 32.3 Å². The van der Waals surface area contributed by atoms with Crippen molar-refractivity contribution in [2.75, 3.05) is 6.54 Å². The molecule has 0 saturated heterocycles. The maximum absolute atomic E-state index is 10.1. The van der Waals surface area contributed by atoms with Gasteiger partial charge in [0.15, 0.2) is 0 Å². The third kappa shape index (κ3) is 2.71. The second-order valence-corrected chi connectivity index (χ2v) is 5.35. The summed E-state index contributed by atoms with van der Waals surface area (Å²) in [4.78, 5) is 0. The molecule has 2 N–H and O–H groups in total. The van der Waals surface area contributed by atoms with Gasteiger partial charge in [-0.25, -0.2) is 0 Å². The highest BCUT2D eigenvalue weighted by atomic mass is 16.3. The minimum absolute atomic E-state index is 0.447. The minimum Gasteiger partial charge on any atom is -0.389 e. The van der Waals surface area contributed by atoms with Crippen molar-refractivity contribution in [3.8, 4) is 0 Å². The fraction of sp³-hybridized carbons (Fsp3) is 1.00. The molecule has 14 heavy (non-hydrogen) atoms. The summed E-state index contributed by atoms with van der Waals surface area (Å²) in [5, 5.41) is 13.7. The summed E-state index contributed by atoms with van der Waals surface area (Å²) >= 11 is 0. The lowest BCUT2D eigenvalue weighted by Crippen LogP contribution is -2.44. The standard InChI is InChI=1S/C12H23NO/c1-12(14,10-7-8-10)9-13-11-5-3-2-4-6-11/h10-11,13-14H,2-9H2,1H3. The van der Waals surface area contributed by atoms with Crippen molar-refractivity contribution in [2.24, 2.45) is 5.92 Å². The van der Waals surface area contributed by atoms with Gasteiger partial charge in [-0.2, -0.15) is 0 Å². The predicted molar refractivity (Wildman–Crippen MR) is 58.2 cm³/mol. The van der Waals surface area contributed by atoms with Crippen LogP contribution < -0.4 is 5.32 Å². The molecule has 2 aliphatic rings. The normalized spacial score (nSPS) is 28.7. The maximum atomic E-state index is 10.1. The Bertz CT molecular complexity index is 181. The smallest absolute Gasteiger partial charge is 0.0771 e. The van der Waals surface area contributed by atoms with Crippen LogP contribution in [-0.2, 0) is 0 Å². The molecule has 0 aromatic carbocycles. The Morgan fingerprint density at radius 1 is 1.14 bits per heavy atom. The first kappa shape index (κ1) is 10.4. The molecule has 2 nitrogen and oxygen atoms in total. The van der Waals surface area contributed by atoms with Crippen LogP contribution >= 0.6 is 0 Å². The molecule has 0 amide bonds. The van der Waals surface area contributed by atoms with E-state index in [0.717, 1.165) is 6.54 Å². The quantitative estimate of drug-likeness (QED) is 0.723. The van der Waals surface area contributed by atoms with Gasteiger partial charge in [-0.15, -0.1) is 0 Å². The van der Waals surface area contributed by atoms with Gasteiger partial charge in [0.2, 0.25) is 0 Å². The maximum Gasteiger partial charge on any atom is 0.0771 e. The molecule has 82 valence electrons. The second-order valence-electron chi connectivity index (χ2n) is 5.35. The van der Waals surface area contributed by atoms with E-state index in [2.05, 4.69) is 5.32 Å². The van der Waals surface area contributed by atoms with Gasteiger partial charge in [-0.1, -0.05) is 19.3 Å². The molecular formula is C12H23NO. The van der Waals surface area contributed by atoms with Crippen LogP contribution in [-0.4, -0.2) is 23.3 Å². The third-order valence-electron chi connectivity index (χ3n) is 3.81. The molecule has 0 aromatic rings. The van der Waals surface area contributed by atoms with Gasteiger partial charge in [-0.3, -0.25) is 0 Å². The third-order valence-corrected chi connectivity index (χ3v) is 3.81. The largest absolute Gasteiger partial charge is 0.389 e. The van der Waals surface area contributed by atoms with Crippen molar-refractivity contribution in [3.63, 3.8) is 0 Å². The average molecular weight is 197 g/mol. The highest BCUT2D eigenvalue weighted by Crippen LogP contribution is 2.39. The molecule has 0 spiro atoms. The van der Waals surface area contributed by atoms with E-state index in [1.54, 1.807) is 0 Å². The van der Waals surface area contributed by atoms with E-state index in [4.69, 9.17) is 0 Å². The van der Waals surface area contributed by atoms with Crippen LogP contribution in [0.2, 0.25) is 0 Å². The molecule has 2 rings (SSSR count). The first-order valence-corrected chi connectivity index (χ1v) is 6.14. The zero-order valence-electron chi connectivity index (χ0n) is 9.26. The fourth-order valence-electron chi connectivity index (χ4n) is 2.51. The summed E-state index contributed by atoms with van der Waals surface area (Å²) in [5.41, 5.74) is -0.447. The fourth-order valence-corrected chi connectivity index (χ4v) is 2.51. The van der Waals surface area contributed by atoms with Crippen molar-refractivity contribution in [2.45, 2.75) is 63.5 Å². The van der Waals surface area contributed by atoms with Gasteiger partial charge in [0.05, 0.1) is 5.60 Å². The van der Waals surface area contributed by atoms with Crippen molar-refractivity contribution < 1.29 is 5.11 Å². The first-order chi connectivity index (χ1) is 6.68. The van der Waals surface area contributed by atoms with Crippen LogP contribution in [0, 0.1) is 5.92 Å². The van der Waals surface area contributed by atoms with Gasteiger partial charge in [0.25, 0.3) is 0 Å². The first-order valence-electron chi connectivity index (χ1n) is 6.14. The van der Waals surface area contributed by atoms with Crippen molar-refractivity contribution in [3.05, 3.63) is 0 Å². The molecule has 1 atom stereocenters. The minimum atomic E-state index is -0.447. The SMILES string of the molecule is CC(O)(CNC1CCCCC1)C1CC1. The molecule has 0 bridgehead atoms. The Morgan fingerprint density at radius 2 is 1.79 bits per heavy atom. The van der Waals surface area contributed by atoms with Gasteiger partial charge in [0.1, 0.15) is 0 Å². The lowest BCUT2D eigenvalue weighted by Gasteiger charge is -2.29. The molecule has 1 unspecified atom stereocenters. The van der Waals surface area contributed by atoms with Crippen LogP contribution in [0.15, 0.2) is 0 Å². The van der Waals surface area contributed by atoms with Crippen LogP contribution in [0.5, 0.6) is 0 Å². The van der Waals surface area contributed by atoms with Crippen molar-refractivity contribution >= 4 is 0 Å².